The number of piperidine rings is 2. The first-order valence-corrected chi connectivity index (χ1v) is 10.2. The second kappa shape index (κ2) is 9.36. The van der Waals surface area contributed by atoms with Gasteiger partial charge in [0.15, 0.2) is 0 Å². The molecule has 0 aromatic carbocycles. The lowest BCUT2D eigenvalue weighted by atomic mass is 9.88. The highest BCUT2D eigenvalue weighted by molar-refractivity contribution is 4.90. The lowest BCUT2D eigenvalue weighted by molar-refractivity contribution is 0.0518. The average Bonchev–Trinajstić information content (AvgIpc) is 2.87. The predicted octanol–water partition coefficient (Wildman–Crippen LogP) is 2.08. The van der Waals surface area contributed by atoms with Crippen LogP contribution in [0.5, 0.6) is 0 Å². The number of aliphatic hydroxyl groups is 1. The summed E-state index contributed by atoms with van der Waals surface area (Å²) in [6.07, 6.45) is 11.9. The van der Waals surface area contributed by atoms with Crippen LogP contribution in [0, 0.1) is 5.92 Å². The second-order valence-electron chi connectivity index (χ2n) is 7.93. The Bertz CT molecular complexity index is 329. The number of rotatable bonds is 5. The zero-order chi connectivity index (χ0) is 15.9. The average molecular weight is 324 g/mol. The summed E-state index contributed by atoms with van der Waals surface area (Å²) in [6.45, 7) is 7.85. The summed E-state index contributed by atoms with van der Waals surface area (Å²) in [6, 6.07) is 1.37. The number of nitrogens with one attached hydrogen (secondary N) is 1. The van der Waals surface area contributed by atoms with Gasteiger partial charge in [-0.3, -0.25) is 9.80 Å². The Kier molecular flexibility index (Phi) is 7.18. The summed E-state index contributed by atoms with van der Waals surface area (Å²) in [5.74, 6) is 0.814. The Hall–Kier alpha value is -0.160. The smallest absolute Gasteiger partial charge is 0.0445 e. The molecule has 0 bridgehead atoms. The third-order valence-electron chi connectivity index (χ3n) is 6.38. The van der Waals surface area contributed by atoms with Gasteiger partial charge in [0.25, 0.3) is 0 Å². The first-order chi connectivity index (χ1) is 11.4. The molecule has 4 nitrogen and oxygen atoms in total. The Labute approximate surface area is 142 Å². The van der Waals surface area contributed by atoms with Crippen LogP contribution < -0.4 is 5.32 Å². The molecule has 0 aromatic heterocycles. The van der Waals surface area contributed by atoms with E-state index in [1.54, 1.807) is 0 Å². The summed E-state index contributed by atoms with van der Waals surface area (Å²) in [4.78, 5) is 5.52. The van der Waals surface area contributed by atoms with Gasteiger partial charge >= 0.3 is 0 Å². The fraction of sp³-hybridized carbons (Fsp3) is 1.00. The zero-order valence-electron chi connectivity index (χ0n) is 14.9. The van der Waals surface area contributed by atoms with Crippen LogP contribution in [0.25, 0.3) is 0 Å². The summed E-state index contributed by atoms with van der Waals surface area (Å²) in [5, 5.41) is 13.0. The lowest BCUT2D eigenvalue weighted by Crippen LogP contribution is -2.55. The molecule has 4 heteroatoms. The van der Waals surface area contributed by atoms with Crippen LogP contribution >= 0.6 is 0 Å². The molecule has 3 unspecified atom stereocenters. The molecule has 23 heavy (non-hydrogen) atoms. The quantitative estimate of drug-likeness (QED) is 0.812. The summed E-state index contributed by atoms with van der Waals surface area (Å²) in [5.41, 5.74) is 0. The second-order valence-corrected chi connectivity index (χ2v) is 7.93. The van der Waals surface area contributed by atoms with Crippen molar-refractivity contribution in [3.63, 3.8) is 0 Å². The van der Waals surface area contributed by atoms with E-state index in [-0.39, 0.29) is 0 Å². The van der Waals surface area contributed by atoms with Crippen LogP contribution in [0.4, 0.5) is 0 Å². The Morgan fingerprint density at radius 2 is 1.70 bits per heavy atom. The Morgan fingerprint density at radius 3 is 2.48 bits per heavy atom. The van der Waals surface area contributed by atoms with Gasteiger partial charge in [-0.05, 0) is 70.6 Å². The number of hydrogen-bond acceptors (Lipinski definition) is 4. The molecule has 134 valence electrons. The number of hydrogen-bond donors (Lipinski definition) is 2. The van der Waals surface area contributed by atoms with Gasteiger partial charge < -0.3 is 10.4 Å². The molecular formula is C19H37N3O. The van der Waals surface area contributed by atoms with Crippen molar-refractivity contribution >= 4 is 0 Å². The highest BCUT2D eigenvalue weighted by Crippen LogP contribution is 2.26. The number of nitrogens with zero attached hydrogens (tertiary/aromatic N) is 2. The third kappa shape index (κ3) is 4.91. The summed E-state index contributed by atoms with van der Waals surface area (Å²) < 4.78 is 0. The molecule has 3 aliphatic heterocycles. The summed E-state index contributed by atoms with van der Waals surface area (Å²) in [7, 11) is 0. The van der Waals surface area contributed by atoms with Crippen molar-refractivity contribution in [1.29, 1.82) is 0 Å². The standard InChI is InChI=1S/C19H37N3O/c23-14-9-18-7-3-6-13-22(18)16-17-8-10-20-15-19(17)21-11-4-1-2-5-12-21/h17-20,23H,1-16H2. The van der Waals surface area contributed by atoms with Crippen molar-refractivity contribution in [3.05, 3.63) is 0 Å². The van der Waals surface area contributed by atoms with Crippen LogP contribution in [0.3, 0.4) is 0 Å². The fourth-order valence-corrected chi connectivity index (χ4v) is 5.04. The molecule has 3 saturated heterocycles. The molecule has 3 heterocycles. The van der Waals surface area contributed by atoms with E-state index in [1.165, 1.54) is 90.6 Å². The van der Waals surface area contributed by atoms with E-state index < -0.39 is 0 Å². The highest BCUT2D eigenvalue weighted by Gasteiger charge is 2.33. The van der Waals surface area contributed by atoms with Crippen LogP contribution in [0.2, 0.25) is 0 Å². The molecule has 0 saturated carbocycles. The molecule has 0 aromatic rings. The topological polar surface area (TPSA) is 38.7 Å². The van der Waals surface area contributed by atoms with Crippen molar-refractivity contribution in [2.24, 2.45) is 5.92 Å². The molecule has 0 radical (unpaired) electrons. The van der Waals surface area contributed by atoms with E-state index in [2.05, 4.69) is 15.1 Å². The first-order valence-electron chi connectivity index (χ1n) is 10.2. The highest BCUT2D eigenvalue weighted by atomic mass is 16.3. The van der Waals surface area contributed by atoms with Gasteiger partial charge in [0.1, 0.15) is 0 Å². The maximum Gasteiger partial charge on any atom is 0.0445 e. The van der Waals surface area contributed by atoms with Gasteiger partial charge in [-0.1, -0.05) is 19.3 Å². The van der Waals surface area contributed by atoms with Crippen molar-refractivity contribution in [1.82, 2.24) is 15.1 Å². The van der Waals surface area contributed by atoms with E-state index in [1.807, 2.05) is 0 Å². The maximum absolute atomic E-state index is 9.38. The Morgan fingerprint density at radius 1 is 0.913 bits per heavy atom. The van der Waals surface area contributed by atoms with Crippen LogP contribution in [0.1, 0.15) is 57.8 Å². The molecule has 0 aliphatic carbocycles. The van der Waals surface area contributed by atoms with Crippen molar-refractivity contribution < 1.29 is 5.11 Å². The first kappa shape index (κ1) is 17.7. The SMILES string of the molecule is OCCC1CCCCN1CC1CCNCC1N1CCCCCC1. The van der Waals surface area contributed by atoms with E-state index in [9.17, 15) is 5.11 Å². The lowest BCUT2D eigenvalue weighted by Gasteiger charge is -2.44. The number of likely N-dealkylation sites (tertiary alicyclic amines) is 2. The molecule has 3 aliphatic rings. The van der Waals surface area contributed by atoms with E-state index in [0.29, 0.717) is 12.6 Å². The minimum Gasteiger partial charge on any atom is -0.396 e. The van der Waals surface area contributed by atoms with Crippen molar-refractivity contribution in [2.45, 2.75) is 69.9 Å². The van der Waals surface area contributed by atoms with Gasteiger partial charge in [-0.15, -0.1) is 0 Å². The van der Waals surface area contributed by atoms with Crippen LogP contribution in [-0.4, -0.2) is 72.9 Å². The minimum absolute atomic E-state index is 0.350. The molecule has 2 N–H and O–H groups in total. The van der Waals surface area contributed by atoms with Gasteiger partial charge in [-0.2, -0.15) is 0 Å². The molecule has 3 atom stereocenters. The largest absolute Gasteiger partial charge is 0.396 e. The number of aliphatic hydroxyl groups excluding tert-OH is 1. The zero-order valence-corrected chi connectivity index (χ0v) is 14.9. The van der Waals surface area contributed by atoms with E-state index >= 15 is 0 Å². The van der Waals surface area contributed by atoms with Gasteiger partial charge in [-0.25, -0.2) is 0 Å². The molecular weight excluding hydrogens is 286 g/mol. The van der Waals surface area contributed by atoms with Crippen LogP contribution in [-0.2, 0) is 0 Å². The van der Waals surface area contributed by atoms with Gasteiger partial charge in [0.2, 0.25) is 0 Å². The van der Waals surface area contributed by atoms with E-state index in [4.69, 9.17) is 0 Å². The van der Waals surface area contributed by atoms with Crippen molar-refractivity contribution in [3.8, 4) is 0 Å². The van der Waals surface area contributed by atoms with Crippen molar-refractivity contribution in [2.75, 3.05) is 45.9 Å². The third-order valence-corrected chi connectivity index (χ3v) is 6.38. The minimum atomic E-state index is 0.350. The fourth-order valence-electron chi connectivity index (χ4n) is 5.04. The van der Waals surface area contributed by atoms with Crippen LogP contribution in [0.15, 0.2) is 0 Å². The predicted molar refractivity (Wildman–Crippen MR) is 95.7 cm³/mol. The van der Waals surface area contributed by atoms with E-state index in [0.717, 1.165) is 18.4 Å². The molecule has 3 rings (SSSR count). The molecule has 0 amide bonds. The normalized spacial score (nSPS) is 35.1. The van der Waals surface area contributed by atoms with Gasteiger partial charge in [0.05, 0.1) is 0 Å². The maximum atomic E-state index is 9.38. The van der Waals surface area contributed by atoms with Gasteiger partial charge in [0, 0.05) is 31.8 Å². The monoisotopic (exact) mass is 323 g/mol. The summed E-state index contributed by atoms with van der Waals surface area (Å²) >= 11 is 0. The Balaban J connectivity index is 1.60. The molecule has 0 spiro atoms. The molecule has 3 fully saturated rings.